The molecule has 0 radical (unpaired) electrons. The van der Waals surface area contributed by atoms with Crippen LogP contribution in [0.4, 0.5) is 0 Å². The first-order valence-electron chi connectivity index (χ1n) is 6.57. The van der Waals surface area contributed by atoms with E-state index in [9.17, 15) is 0 Å². The smallest absolute Gasteiger partial charge is 0.0790 e. The molecule has 0 aliphatic heterocycles. The fourth-order valence-corrected chi connectivity index (χ4v) is 2.08. The number of pyridine rings is 1. The van der Waals surface area contributed by atoms with Crippen molar-refractivity contribution in [2.45, 2.75) is 6.54 Å². The second-order valence-corrected chi connectivity index (χ2v) is 4.50. The number of nitrogens with zero attached hydrogens (tertiary/aromatic N) is 2. The van der Waals surface area contributed by atoms with Gasteiger partial charge in [-0.25, -0.2) is 0 Å². The van der Waals surface area contributed by atoms with Crippen molar-refractivity contribution >= 4 is 17.1 Å². The van der Waals surface area contributed by atoms with Crippen LogP contribution in [0.3, 0.4) is 0 Å². The summed E-state index contributed by atoms with van der Waals surface area (Å²) in [6, 6.07) is 20.3. The molecule has 1 aromatic heterocycles. The minimum absolute atomic E-state index is 0.718. The first-order chi connectivity index (χ1) is 9.93. The summed E-state index contributed by atoms with van der Waals surface area (Å²) >= 11 is 0. The minimum atomic E-state index is 0.718. The fourth-order valence-electron chi connectivity index (χ4n) is 2.08. The summed E-state index contributed by atoms with van der Waals surface area (Å²) < 4.78 is 0. The Morgan fingerprint density at radius 1 is 0.950 bits per heavy atom. The number of rotatable bonds is 4. The Bertz CT molecular complexity index is 715. The maximum Gasteiger partial charge on any atom is 0.0790 e. The molecule has 3 aromatic rings. The molecule has 1 N–H and O–H groups in total. The number of fused-ring (bicyclic) bond motifs is 1. The van der Waals surface area contributed by atoms with Gasteiger partial charge in [0.1, 0.15) is 0 Å². The minimum Gasteiger partial charge on any atom is -0.306 e. The molecule has 0 aliphatic rings. The topological polar surface area (TPSA) is 37.3 Å². The van der Waals surface area contributed by atoms with Gasteiger partial charge >= 0.3 is 0 Å². The van der Waals surface area contributed by atoms with Crippen LogP contribution in [0.2, 0.25) is 0 Å². The Labute approximate surface area is 118 Å². The van der Waals surface area contributed by atoms with E-state index < -0.39 is 0 Å². The molecule has 0 fully saturated rings. The number of nitrogens with one attached hydrogen (secondary N) is 1. The highest BCUT2D eigenvalue weighted by Crippen LogP contribution is 2.13. The predicted octanol–water partition coefficient (Wildman–Crippen LogP) is 3.36. The van der Waals surface area contributed by atoms with Gasteiger partial charge in [0.2, 0.25) is 0 Å². The fraction of sp³-hybridized carbons (Fsp3) is 0.0588. The van der Waals surface area contributed by atoms with Crippen LogP contribution in [0.25, 0.3) is 10.9 Å². The van der Waals surface area contributed by atoms with Crippen LogP contribution in [0, 0.1) is 0 Å². The van der Waals surface area contributed by atoms with Gasteiger partial charge in [0.05, 0.1) is 18.3 Å². The van der Waals surface area contributed by atoms with E-state index in [0.29, 0.717) is 0 Å². The molecule has 1 heterocycles. The number of benzene rings is 2. The number of hydrazone groups is 1. The third-order valence-electron chi connectivity index (χ3n) is 3.08. The van der Waals surface area contributed by atoms with E-state index in [-0.39, 0.29) is 0 Å². The normalized spacial score (nSPS) is 11.0. The van der Waals surface area contributed by atoms with Crippen LogP contribution in [0.1, 0.15) is 11.1 Å². The van der Waals surface area contributed by atoms with E-state index in [1.165, 1.54) is 5.56 Å². The van der Waals surface area contributed by atoms with Crippen molar-refractivity contribution in [2.24, 2.45) is 5.10 Å². The molecule has 2 aromatic carbocycles. The standard InChI is InChI=1S/C17H15N3/c1-2-6-14(7-3-1)12-19-20-13-16-9-4-8-15-10-5-11-18-17(15)16/h1-11,13,19H,12H2/b20-13-. The molecule has 3 nitrogen and oxygen atoms in total. The van der Waals surface area contributed by atoms with E-state index in [4.69, 9.17) is 0 Å². The Balaban J connectivity index is 1.72. The molecule has 0 amide bonds. The van der Waals surface area contributed by atoms with Gasteiger partial charge in [0.15, 0.2) is 0 Å². The average Bonchev–Trinajstić information content (AvgIpc) is 2.53. The Morgan fingerprint density at radius 3 is 2.70 bits per heavy atom. The summed E-state index contributed by atoms with van der Waals surface area (Å²) in [6.45, 7) is 0.718. The number of aromatic nitrogens is 1. The lowest BCUT2D eigenvalue weighted by Gasteiger charge is -2.02. The lowest BCUT2D eigenvalue weighted by atomic mass is 10.1. The van der Waals surface area contributed by atoms with Gasteiger partial charge in [-0.3, -0.25) is 4.98 Å². The van der Waals surface area contributed by atoms with Gasteiger partial charge in [-0.1, -0.05) is 54.6 Å². The molecular formula is C17H15N3. The van der Waals surface area contributed by atoms with Crippen molar-refractivity contribution in [3.63, 3.8) is 0 Å². The zero-order chi connectivity index (χ0) is 13.6. The van der Waals surface area contributed by atoms with Crippen molar-refractivity contribution in [1.29, 1.82) is 0 Å². The highest BCUT2D eigenvalue weighted by molar-refractivity contribution is 5.97. The summed E-state index contributed by atoms with van der Waals surface area (Å²) in [5.74, 6) is 0. The van der Waals surface area contributed by atoms with Gasteiger partial charge in [0.25, 0.3) is 0 Å². The van der Waals surface area contributed by atoms with E-state index in [2.05, 4.69) is 39.8 Å². The zero-order valence-corrected chi connectivity index (χ0v) is 11.0. The summed E-state index contributed by atoms with van der Waals surface area (Å²) in [6.07, 6.45) is 3.62. The van der Waals surface area contributed by atoms with Crippen molar-refractivity contribution in [3.05, 3.63) is 78.0 Å². The second-order valence-electron chi connectivity index (χ2n) is 4.50. The molecule has 20 heavy (non-hydrogen) atoms. The van der Waals surface area contributed by atoms with Gasteiger partial charge in [-0.15, -0.1) is 0 Å². The monoisotopic (exact) mass is 261 g/mol. The van der Waals surface area contributed by atoms with E-state index in [1.807, 2.05) is 42.6 Å². The van der Waals surface area contributed by atoms with Crippen LogP contribution < -0.4 is 5.43 Å². The Hall–Kier alpha value is -2.68. The average molecular weight is 261 g/mol. The first-order valence-corrected chi connectivity index (χ1v) is 6.57. The number of para-hydroxylation sites is 1. The van der Waals surface area contributed by atoms with Crippen LogP contribution in [-0.2, 0) is 6.54 Å². The molecule has 0 spiro atoms. The lowest BCUT2D eigenvalue weighted by molar-refractivity contribution is 0.748. The first kappa shape index (κ1) is 12.4. The van der Waals surface area contributed by atoms with E-state index in [0.717, 1.165) is 23.0 Å². The molecular weight excluding hydrogens is 246 g/mol. The van der Waals surface area contributed by atoms with Crippen LogP contribution in [0.5, 0.6) is 0 Å². The second kappa shape index (κ2) is 5.97. The third kappa shape index (κ3) is 2.83. The van der Waals surface area contributed by atoms with Crippen LogP contribution in [-0.4, -0.2) is 11.2 Å². The summed E-state index contributed by atoms with van der Waals surface area (Å²) in [5, 5.41) is 5.40. The number of hydrogen-bond donors (Lipinski definition) is 1. The molecule has 3 rings (SSSR count). The van der Waals surface area contributed by atoms with Gasteiger partial charge < -0.3 is 5.43 Å². The maximum absolute atomic E-state index is 4.40. The molecule has 0 unspecified atom stereocenters. The molecule has 3 heteroatoms. The molecule has 0 saturated heterocycles. The predicted molar refractivity (Wildman–Crippen MR) is 82.6 cm³/mol. The van der Waals surface area contributed by atoms with Gasteiger partial charge in [-0.2, -0.15) is 5.10 Å². The van der Waals surface area contributed by atoms with E-state index in [1.54, 1.807) is 6.20 Å². The maximum atomic E-state index is 4.40. The summed E-state index contributed by atoms with van der Waals surface area (Å²) in [5.41, 5.74) is 6.26. The third-order valence-corrected chi connectivity index (χ3v) is 3.08. The van der Waals surface area contributed by atoms with E-state index >= 15 is 0 Å². The number of hydrogen-bond acceptors (Lipinski definition) is 3. The quantitative estimate of drug-likeness (QED) is 0.577. The van der Waals surface area contributed by atoms with Crippen molar-refractivity contribution in [3.8, 4) is 0 Å². The Kier molecular flexibility index (Phi) is 3.69. The van der Waals surface area contributed by atoms with Gasteiger partial charge in [0, 0.05) is 17.1 Å². The highest BCUT2D eigenvalue weighted by atomic mass is 15.3. The molecule has 0 aliphatic carbocycles. The largest absolute Gasteiger partial charge is 0.306 e. The lowest BCUT2D eigenvalue weighted by Crippen LogP contribution is -2.05. The van der Waals surface area contributed by atoms with Crippen LogP contribution in [0.15, 0.2) is 72.0 Å². The summed E-state index contributed by atoms with van der Waals surface area (Å²) in [7, 11) is 0. The van der Waals surface area contributed by atoms with Crippen LogP contribution >= 0.6 is 0 Å². The molecule has 0 bridgehead atoms. The highest BCUT2D eigenvalue weighted by Gasteiger charge is 1.98. The summed E-state index contributed by atoms with van der Waals surface area (Å²) in [4.78, 5) is 4.40. The molecule has 0 atom stereocenters. The van der Waals surface area contributed by atoms with Crippen molar-refractivity contribution in [1.82, 2.24) is 10.4 Å². The Morgan fingerprint density at radius 2 is 1.80 bits per heavy atom. The molecule has 0 saturated carbocycles. The van der Waals surface area contributed by atoms with Gasteiger partial charge in [-0.05, 0) is 11.6 Å². The SMILES string of the molecule is C(=N/NCc1ccccc1)/c1cccc2cccnc12. The molecule has 98 valence electrons. The van der Waals surface area contributed by atoms with Crippen molar-refractivity contribution < 1.29 is 0 Å². The zero-order valence-electron chi connectivity index (χ0n) is 11.0. The van der Waals surface area contributed by atoms with Crippen molar-refractivity contribution in [2.75, 3.05) is 0 Å².